The normalized spacial score (nSPS) is 13.6. The smallest absolute Gasteiger partial charge is 0.338 e. The van der Waals surface area contributed by atoms with Crippen LogP contribution in [-0.2, 0) is 28.7 Å². The minimum atomic E-state index is -0.996. The molecule has 0 heterocycles. The molecule has 1 aromatic carbocycles. The lowest BCUT2D eigenvalue weighted by molar-refractivity contribution is -0.174. The number of hydroxylamine groups is 2. The third-order valence-corrected chi connectivity index (χ3v) is 4.69. The molecule has 0 spiro atoms. The molecular weight excluding hydrogens is 492 g/mol. The fraction of sp³-hybridized carbons (Fsp3) is 0.643. The van der Waals surface area contributed by atoms with Gasteiger partial charge in [-0.05, 0) is 84.4 Å². The second-order valence-corrected chi connectivity index (χ2v) is 12.0. The molecule has 0 aliphatic heterocycles. The van der Waals surface area contributed by atoms with Gasteiger partial charge in [0, 0.05) is 11.1 Å². The van der Waals surface area contributed by atoms with E-state index in [0.717, 1.165) is 0 Å². The number of benzene rings is 1. The van der Waals surface area contributed by atoms with E-state index in [9.17, 15) is 19.2 Å². The first-order valence-electron chi connectivity index (χ1n) is 12.9. The second kappa shape index (κ2) is 14.2. The van der Waals surface area contributed by atoms with E-state index in [2.05, 4.69) is 11.0 Å². The van der Waals surface area contributed by atoms with E-state index in [1.54, 1.807) is 41.5 Å². The van der Waals surface area contributed by atoms with Gasteiger partial charge in [0.25, 0.3) is 11.8 Å². The van der Waals surface area contributed by atoms with E-state index in [0.29, 0.717) is 12.8 Å². The van der Waals surface area contributed by atoms with Gasteiger partial charge in [-0.2, -0.15) is 0 Å². The van der Waals surface area contributed by atoms with E-state index in [1.807, 2.05) is 27.7 Å². The topological polar surface area (TPSA) is 129 Å². The van der Waals surface area contributed by atoms with Crippen molar-refractivity contribution in [1.82, 2.24) is 11.0 Å². The lowest BCUT2D eigenvalue weighted by atomic mass is 10.1. The largest absolute Gasteiger partial charge is 0.458 e. The van der Waals surface area contributed by atoms with Crippen molar-refractivity contribution in [2.75, 3.05) is 0 Å². The second-order valence-electron chi connectivity index (χ2n) is 12.0. The Hall–Kier alpha value is -2.98. The van der Waals surface area contributed by atoms with Crippen molar-refractivity contribution >= 4 is 23.8 Å². The van der Waals surface area contributed by atoms with E-state index in [4.69, 9.17) is 19.1 Å². The standard InChI is InChI=1S/C28H44N2O8/c1-17(2)14-21(25(33)35-27(5,6)7)37-29-23(31)19-12-11-13-20(16-19)24(32)30-38-22(15-18(3)4)26(34)36-28(8,9)10/h11-13,16-18,21-22H,14-15H2,1-10H3,(H,29,31)(H,30,32)/t21-,22-/m1/s1. The van der Waals surface area contributed by atoms with Gasteiger partial charge in [-0.3, -0.25) is 19.3 Å². The molecule has 0 unspecified atom stereocenters. The summed E-state index contributed by atoms with van der Waals surface area (Å²) in [4.78, 5) is 61.3. The fourth-order valence-electron chi connectivity index (χ4n) is 3.15. The number of hydrogen-bond acceptors (Lipinski definition) is 8. The molecule has 1 rings (SSSR count). The first kappa shape index (κ1) is 33.0. The maximum atomic E-state index is 12.7. The van der Waals surface area contributed by atoms with Crippen molar-refractivity contribution < 1.29 is 38.3 Å². The van der Waals surface area contributed by atoms with Crippen LogP contribution in [0.2, 0.25) is 0 Å². The van der Waals surface area contributed by atoms with Gasteiger partial charge in [0.15, 0.2) is 12.2 Å². The number of amides is 2. The first-order chi connectivity index (χ1) is 17.4. The lowest BCUT2D eigenvalue weighted by Gasteiger charge is -2.25. The van der Waals surface area contributed by atoms with Crippen LogP contribution in [0.3, 0.4) is 0 Å². The minimum Gasteiger partial charge on any atom is -0.458 e. The summed E-state index contributed by atoms with van der Waals surface area (Å²) in [6.45, 7) is 18.1. The third kappa shape index (κ3) is 13.0. The molecule has 10 nitrogen and oxygen atoms in total. The molecule has 0 bridgehead atoms. The highest BCUT2D eigenvalue weighted by Gasteiger charge is 2.29. The number of ether oxygens (including phenoxy) is 2. The van der Waals surface area contributed by atoms with Crippen LogP contribution in [0.15, 0.2) is 24.3 Å². The van der Waals surface area contributed by atoms with Crippen LogP contribution in [-0.4, -0.2) is 47.2 Å². The molecular formula is C28H44N2O8. The van der Waals surface area contributed by atoms with Gasteiger partial charge in [-0.1, -0.05) is 33.8 Å². The summed E-state index contributed by atoms with van der Waals surface area (Å²) in [5.41, 5.74) is 3.39. The maximum Gasteiger partial charge on any atom is 0.338 e. The number of nitrogens with one attached hydrogen (secondary N) is 2. The molecule has 0 aromatic heterocycles. The first-order valence-corrected chi connectivity index (χ1v) is 12.9. The summed E-state index contributed by atoms with van der Waals surface area (Å²) in [6.07, 6.45) is -1.32. The molecule has 2 amide bonds. The summed E-state index contributed by atoms with van der Waals surface area (Å²) in [5, 5.41) is 0. The van der Waals surface area contributed by atoms with Crippen LogP contribution in [0, 0.1) is 11.8 Å². The van der Waals surface area contributed by atoms with Crippen LogP contribution in [0.4, 0.5) is 0 Å². The van der Waals surface area contributed by atoms with Crippen LogP contribution in [0.25, 0.3) is 0 Å². The Balaban J connectivity index is 2.87. The highest BCUT2D eigenvalue weighted by Crippen LogP contribution is 2.16. The molecule has 2 N–H and O–H groups in total. The molecule has 0 aliphatic carbocycles. The molecule has 0 saturated heterocycles. The molecule has 0 saturated carbocycles. The van der Waals surface area contributed by atoms with E-state index in [-0.39, 0.29) is 23.0 Å². The van der Waals surface area contributed by atoms with Gasteiger partial charge < -0.3 is 9.47 Å². The van der Waals surface area contributed by atoms with Gasteiger partial charge in [-0.15, -0.1) is 0 Å². The van der Waals surface area contributed by atoms with Crippen molar-refractivity contribution in [1.29, 1.82) is 0 Å². The average molecular weight is 537 g/mol. The van der Waals surface area contributed by atoms with E-state index in [1.165, 1.54) is 24.3 Å². The SMILES string of the molecule is CC(C)C[C@@H](ONC(=O)c1cccc(C(=O)NO[C@H](CC(C)C)C(=O)OC(C)(C)C)c1)C(=O)OC(C)(C)C. The molecule has 214 valence electrons. The molecule has 38 heavy (non-hydrogen) atoms. The van der Waals surface area contributed by atoms with Gasteiger partial charge >= 0.3 is 11.9 Å². The summed E-state index contributed by atoms with van der Waals surface area (Å²) >= 11 is 0. The fourth-order valence-corrected chi connectivity index (χ4v) is 3.15. The third-order valence-electron chi connectivity index (χ3n) is 4.69. The van der Waals surface area contributed by atoms with Gasteiger partial charge in [-0.25, -0.2) is 20.5 Å². The average Bonchev–Trinajstić information content (AvgIpc) is 2.76. The zero-order valence-corrected chi connectivity index (χ0v) is 24.3. The Morgan fingerprint density at radius 1 is 0.684 bits per heavy atom. The monoisotopic (exact) mass is 536 g/mol. The van der Waals surface area contributed by atoms with E-state index >= 15 is 0 Å². The zero-order valence-electron chi connectivity index (χ0n) is 24.3. The number of rotatable bonds is 12. The van der Waals surface area contributed by atoms with Crippen LogP contribution >= 0.6 is 0 Å². The summed E-state index contributed by atoms with van der Waals surface area (Å²) in [6, 6.07) is 5.84. The molecule has 10 heteroatoms. The number of esters is 2. The Morgan fingerprint density at radius 2 is 1.03 bits per heavy atom. The number of hydrogen-bond donors (Lipinski definition) is 2. The summed E-state index contributed by atoms with van der Waals surface area (Å²) < 4.78 is 10.8. The molecule has 2 atom stereocenters. The van der Waals surface area contributed by atoms with Crippen molar-refractivity contribution in [3.63, 3.8) is 0 Å². The highest BCUT2D eigenvalue weighted by atomic mass is 16.7. The predicted octanol–water partition coefficient (Wildman–Crippen LogP) is 4.52. The Morgan fingerprint density at radius 3 is 1.32 bits per heavy atom. The molecule has 0 aliphatic rings. The predicted molar refractivity (Wildman–Crippen MR) is 142 cm³/mol. The van der Waals surface area contributed by atoms with Crippen LogP contribution < -0.4 is 11.0 Å². The summed E-state index contributed by atoms with van der Waals surface area (Å²) in [5.74, 6) is -2.25. The minimum absolute atomic E-state index is 0.108. The van der Waals surface area contributed by atoms with Crippen molar-refractivity contribution in [2.45, 2.75) is 105 Å². The quantitative estimate of drug-likeness (QED) is 0.295. The Kier molecular flexibility index (Phi) is 12.4. The maximum absolute atomic E-state index is 12.7. The Bertz CT molecular complexity index is 887. The molecule has 1 aromatic rings. The lowest BCUT2D eigenvalue weighted by Crippen LogP contribution is -2.39. The zero-order chi connectivity index (χ0) is 29.3. The van der Waals surface area contributed by atoms with E-state index < -0.39 is 47.2 Å². The number of carbonyl (C=O) groups is 4. The number of carbonyl (C=O) groups excluding carboxylic acids is 4. The van der Waals surface area contributed by atoms with Crippen molar-refractivity contribution in [2.24, 2.45) is 11.8 Å². The highest BCUT2D eigenvalue weighted by molar-refractivity contribution is 5.99. The van der Waals surface area contributed by atoms with Crippen molar-refractivity contribution in [3.05, 3.63) is 35.4 Å². The van der Waals surface area contributed by atoms with Gasteiger partial charge in [0.2, 0.25) is 0 Å². The van der Waals surface area contributed by atoms with Gasteiger partial charge in [0.1, 0.15) is 11.2 Å². The molecule has 0 radical (unpaired) electrons. The van der Waals surface area contributed by atoms with Crippen LogP contribution in [0.1, 0.15) is 103 Å². The molecule has 0 fully saturated rings. The van der Waals surface area contributed by atoms with Crippen molar-refractivity contribution in [3.8, 4) is 0 Å². The summed E-state index contributed by atoms with van der Waals surface area (Å²) in [7, 11) is 0. The van der Waals surface area contributed by atoms with Crippen LogP contribution in [0.5, 0.6) is 0 Å². The Labute approximate surface area is 226 Å². The van der Waals surface area contributed by atoms with Gasteiger partial charge in [0.05, 0.1) is 0 Å².